The molecule has 0 bridgehead atoms. The van der Waals surface area contributed by atoms with Crippen LogP contribution in [0.1, 0.15) is 31.4 Å². The van der Waals surface area contributed by atoms with Crippen LogP contribution in [0.4, 0.5) is 13.2 Å². The Labute approximate surface area is 114 Å². The first-order valence-corrected chi connectivity index (χ1v) is 5.82. The Bertz CT molecular complexity index is 508. The van der Waals surface area contributed by atoms with Crippen LogP contribution in [0.25, 0.3) is 5.76 Å². The number of aliphatic hydroxyl groups is 2. The lowest BCUT2D eigenvalue weighted by molar-refractivity contribution is -0.137. The Morgan fingerprint density at radius 2 is 1.70 bits per heavy atom. The van der Waals surface area contributed by atoms with Gasteiger partial charge in [0.05, 0.1) is 11.2 Å². The van der Waals surface area contributed by atoms with Crippen LogP contribution in [0, 0.1) is 0 Å². The fourth-order valence-electron chi connectivity index (χ4n) is 1.54. The van der Waals surface area contributed by atoms with Crippen LogP contribution in [-0.2, 0) is 11.0 Å². The summed E-state index contributed by atoms with van der Waals surface area (Å²) in [5.41, 5.74) is -1.95. The monoisotopic (exact) mass is 288 g/mol. The molecule has 1 aromatic rings. The maximum Gasteiger partial charge on any atom is 0.416 e. The predicted octanol–water partition coefficient (Wildman–Crippen LogP) is 3.33. The Morgan fingerprint density at radius 3 is 2.10 bits per heavy atom. The second-order valence-corrected chi connectivity index (χ2v) is 5.06. The van der Waals surface area contributed by atoms with E-state index in [-0.39, 0.29) is 12.0 Å². The fraction of sp³-hybridized carbons (Fsp3) is 0.357. The lowest BCUT2D eigenvalue weighted by atomic mass is 10.0. The van der Waals surface area contributed by atoms with Crippen molar-refractivity contribution in [3.8, 4) is 0 Å². The van der Waals surface area contributed by atoms with E-state index in [9.17, 15) is 28.2 Å². The van der Waals surface area contributed by atoms with Crippen LogP contribution in [0.3, 0.4) is 0 Å². The third kappa shape index (κ3) is 5.05. The molecule has 110 valence electrons. The van der Waals surface area contributed by atoms with E-state index in [0.29, 0.717) is 0 Å². The normalized spacial score (nSPS) is 13.4. The lowest BCUT2D eigenvalue weighted by Gasteiger charge is -2.14. The molecule has 1 aromatic carbocycles. The van der Waals surface area contributed by atoms with Crippen molar-refractivity contribution in [3.05, 3.63) is 41.5 Å². The van der Waals surface area contributed by atoms with Gasteiger partial charge in [-0.15, -0.1) is 0 Å². The van der Waals surface area contributed by atoms with Gasteiger partial charge in [0.2, 0.25) is 0 Å². The van der Waals surface area contributed by atoms with Crippen LogP contribution in [-0.4, -0.2) is 21.6 Å². The third-order valence-electron chi connectivity index (χ3n) is 2.41. The Morgan fingerprint density at radius 1 is 1.20 bits per heavy atom. The molecule has 0 saturated carbocycles. The average molecular weight is 288 g/mol. The molecule has 20 heavy (non-hydrogen) atoms. The first kappa shape index (κ1) is 16.2. The minimum Gasteiger partial charge on any atom is -0.507 e. The van der Waals surface area contributed by atoms with Gasteiger partial charge < -0.3 is 10.2 Å². The molecule has 0 spiro atoms. The van der Waals surface area contributed by atoms with Gasteiger partial charge in [0.25, 0.3) is 0 Å². The zero-order chi connectivity index (χ0) is 15.6. The number of carbonyl (C=O) groups is 1. The number of halogens is 3. The van der Waals surface area contributed by atoms with E-state index in [2.05, 4.69) is 0 Å². The number of rotatable bonds is 4. The summed E-state index contributed by atoms with van der Waals surface area (Å²) in [6.07, 6.45) is -3.76. The van der Waals surface area contributed by atoms with Gasteiger partial charge in [-0.25, -0.2) is 0 Å². The van der Waals surface area contributed by atoms with E-state index >= 15 is 0 Å². The molecule has 6 heteroatoms. The summed E-state index contributed by atoms with van der Waals surface area (Å²) >= 11 is 0. The second-order valence-electron chi connectivity index (χ2n) is 5.06. The molecule has 1 rings (SSSR count). The van der Waals surface area contributed by atoms with Gasteiger partial charge in [-0.3, -0.25) is 4.79 Å². The molecule has 0 radical (unpaired) electrons. The lowest BCUT2D eigenvalue weighted by Crippen LogP contribution is -2.22. The molecule has 0 heterocycles. The van der Waals surface area contributed by atoms with Gasteiger partial charge in [-0.2, -0.15) is 13.2 Å². The zero-order valence-corrected chi connectivity index (χ0v) is 11.0. The maximum atomic E-state index is 12.4. The Hall–Kier alpha value is -1.82. The summed E-state index contributed by atoms with van der Waals surface area (Å²) in [6, 6.07) is 3.79. The molecule has 0 unspecified atom stereocenters. The quantitative estimate of drug-likeness (QED) is 0.660. The molecule has 2 N–H and O–H groups in total. The summed E-state index contributed by atoms with van der Waals surface area (Å²) in [5, 5.41) is 19.1. The number of allylic oxidation sites excluding steroid dienone is 1. The molecule has 0 fully saturated rings. The molecule has 0 aromatic heterocycles. The summed E-state index contributed by atoms with van der Waals surface area (Å²) in [7, 11) is 0. The van der Waals surface area contributed by atoms with Crippen LogP contribution >= 0.6 is 0 Å². The molecule has 3 nitrogen and oxygen atoms in total. The molecule has 0 aliphatic rings. The number of carbonyl (C=O) groups excluding carboxylic acids is 1. The van der Waals surface area contributed by atoms with Crippen molar-refractivity contribution >= 4 is 11.5 Å². The van der Waals surface area contributed by atoms with Gasteiger partial charge >= 0.3 is 6.18 Å². The smallest absolute Gasteiger partial charge is 0.416 e. The van der Waals surface area contributed by atoms with Gasteiger partial charge in [-0.05, 0) is 26.0 Å². The second kappa shape index (κ2) is 5.66. The topological polar surface area (TPSA) is 57.5 Å². The predicted molar refractivity (Wildman–Crippen MR) is 68.0 cm³/mol. The fourth-order valence-corrected chi connectivity index (χ4v) is 1.54. The average Bonchev–Trinajstić information content (AvgIpc) is 2.25. The first-order chi connectivity index (χ1) is 8.99. The SMILES string of the molecule is CC(C)(O)CC(=O)/C=C(\O)c1ccc(C(F)(F)F)cc1. The molecular weight excluding hydrogens is 273 g/mol. The van der Waals surface area contributed by atoms with E-state index in [1.54, 1.807) is 0 Å². The minimum absolute atomic E-state index is 0.0992. The molecule has 0 saturated heterocycles. The summed E-state index contributed by atoms with van der Waals surface area (Å²) < 4.78 is 37.1. The minimum atomic E-state index is -4.45. The summed E-state index contributed by atoms with van der Waals surface area (Å²) in [5.74, 6) is -0.956. The van der Waals surface area contributed by atoms with Gasteiger partial charge in [0.1, 0.15) is 5.76 Å². The number of aliphatic hydroxyl groups excluding tert-OH is 1. The van der Waals surface area contributed by atoms with Crippen molar-refractivity contribution in [1.29, 1.82) is 0 Å². The largest absolute Gasteiger partial charge is 0.507 e. The third-order valence-corrected chi connectivity index (χ3v) is 2.41. The number of hydrogen-bond acceptors (Lipinski definition) is 3. The van der Waals surface area contributed by atoms with Crippen molar-refractivity contribution in [2.45, 2.75) is 32.0 Å². The number of ketones is 1. The summed E-state index contributed by atoms with van der Waals surface area (Å²) in [4.78, 5) is 11.5. The molecule has 0 aliphatic carbocycles. The van der Waals surface area contributed by atoms with Crippen LogP contribution in [0.2, 0.25) is 0 Å². The molecule has 0 amide bonds. The highest BCUT2D eigenvalue weighted by molar-refractivity contribution is 5.95. The Balaban J connectivity index is 2.87. The van der Waals surface area contributed by atoms with E-state index in [1.807, 2.05) is 0 Å². The number of benzene rings is 1. The highest BCUT2D eigenvalue weighted by Crippen LogP contribution is 2.29. The highest BCUT2D eigenvalue weighted by Gasteiger charge is 2.30. The highest BCUT2D eigenvalue weighted by atomic mass is 19.4. The van der Waals surface area contributed by atoms with Crippen LogP contribution in [0.15, 0.2) is 30.3 Å². The van der Waals surface area contributed by atoms with E-state index < -0.39 is 28.9 Å². The molecular formula is C14H15F3O3. The summed E-state index contributed by atoms with van der Waals surface area (Å²) in [6.45, 7) is 2.88. The van der Waals surface area contributed by atoms with E-state index in [1.165, 1.54) is 13.8 Å². The first-order valence-electron chi connectivity index (χ1n) is 5.82. The van der Waals surface area contributed by atoms with Crippen LogP contribution in [0.5, 0.6) is 0 Å². The van der Waals surface area contributed by atoms with Crippen molar-refractivity contribution in [1.82, 2.24) is 0 Å². The zero-order valence-electron chi connectivity index (χ0n) is 11.0. The standard InChI is InChI=1S/C14H15F3O3/c1-13(2,20)8-11(18)7-12(19)9-3-5-10(6-4-9)14(15,16)17/h3-7,19-20H,8H2,1-2H3/b12-7-. The van der Waals surface area contributed by atoms with E-state index in [4.69, 9.17) is 0 Å². The van der Waals surface area contributed by atoms with Crippen molar-refractivity contribution in [3.63, 3.8) is 0 Å². The molecule has 0 atom stereocenters. The van der Waals surface area contributed by atoms with Crippen molar-refractivity contribution in [2.24, 2.45) is 0 Å². The van der Waals surface area contributed by atoms with Crippen molar-refractivity contribution in [2.75, 3.05) is 0 Å². The Kier molecular flexibility index (Phi) is 4.60. The van der Waals surface area contributed by atoms with Gasteiger partial charge in [0.15, 0.2) is 5.78 Å². The van der Waals surface area contributed by atoms with Gasteiger partial charge in [0, 0.05) is 18.1 Å². The van der Waals surface area contributed by atoms with Gasteiger partial charge in [-0.1, -0.05) is 12.1 Å². The molecule has 0 aliphatic heterocycles. The number of alkyl halides is 3. The van der Waals surface area contributed by atoms with Crippen LogP contribution < -0.4 is 0 Å². The van der Waals surface area contributed by atoms with E-state index in [0.717, 1.165) is 30.3 Å². The van der Waals surface area contributed by atoms with Crippen molar-refractivity contribution < 1.29 is 28.2 Å². The maximum absolute atomic E-state index is 12.4. The number of hydrogen-bond donors (Lipinski definition) is 2.